The van der Waals surface area contributed by atoms with Crippen molar-refractivity contribution in [3.8, 4) is 0 Å². The number of rotatable bonds is 2. The van der Waals surface area contributed by atoms with Gasteiger partial charge in [-0.05, 0) is 4.57 Å². The second kappa shape index (κ2) is 4.11. The number of hydrogen-bond acceptors (Lipinski definition) is 2. The number of nitrogens with zero attached hydrogens (tertiary/aromatic N) is 2. The van der Waals surface area contributed by atoms with Gasteiger partial charge in [0.25, 0.3) is 0 Å². The third-order valence-electron chi connectivity index (χ3n) is 1.84. The van der Waals surface area contributed by atoms with Crippen LogP contribution < -0.4 is 0 Å². The minimum atomic E-state index is -4.17. The van der Waals surface area contributed by atoms with Crippen LogP contribution in [0.3, 0.4) is 0 Å². The van der Waals surface area contributed by atoms with E-state index < -0.39 is 15.9 Å². The Balaban J connectivity index is 2.48. The van der Waals surface area contributed by atoms with Gasteiger partial charge in [0.15, 0.2) is 0 Å². The first-order valence-electron chi connectivity index (χ1n) is 3.63. The molecule has 1 unspecified atom stereocenters. The molecule has 0 bridgehead atoms. The molecule has 1 rings (SSSR count). The smallest absolute Gasteiger partial charge is 0.312 e. The highest BCUT2D eigenvalue weighted by molar-refractivity contribution is 7.49. The van der Waals surface area contributed by atoms with E-state index >= 15 is 0 Å². The van der Waals surface area contributed by atoms with Gasteiger partial charge in [-0.2, -0.15) is 0 Å². The second-order valence-corrected chi connectivity index (χ2v) is 5.34. The molecule has 9 heteroatoms. The fourth-order valence-electron chi connectivity index (χ4n) is 1.12. The van der Waals surface area contributed by atoms with Gasteiger partial charge in [-0.1, -0.05) is 4.67 Å². The van der Waals surface area contributed by atoms with Gasteiger partial charge in [0.05, 0.1) is 13.1 Å². The van der Waals surface area contributed by atoms with Gasteiger partial charge in [-0.3, -0.25) is 0 Å². The molecule has 0 radical (unpaired) electrons. The molecule has 0 amide bonds. The average Bonchev–Trinajstić information content (AvgIpc) is 2.03. The highest BCUT2D eigenvalue weighted by atomic mass is 31.2. The van der Waals surface area contributed by atoms with Crippen molar-refractivity contribution in [2.75, 3.05) is 26.2 Å². The topological polar surface area (TPSA) is 101 Å². The molecule has 0 saturated carbocycles. The van der Waals surface area contributed by atoms with Gasteiger partial charge >= 0.3 is 15.9 Å². The van der Waals surface area contributed by atoms with Gasteiger partial charge in [0.2, 0.25) is 0 Å². The predicted molar refractivity (Wildman–Crippen MR) is 45.0 cm³/mol. The van der Waals surface area contributed by atoms with Gasteiger partial charge in [0.1, 0.15) is 0 Å². The molecule has 0 aromatic rings. The van der Waals surface area contributed by atoms with E-state index in [4.69, 9.17) is 14.7 Å². The summed E-state index contributed by atoms with van der Waals surface area (Å²) < 4.78 is 23.6. The van der Waals surface area contributed by atoms with Crippen molar-refractivity contribution in [3.63, 3.8) is 0 Å². The molecule has 0 aromatic carbocycles. The monoisotopic (exact) mass is 229 g/mol. The van der Waals surface area contributed by atoms with Crippen molar-refractivity contribution in [3.05, 3.63) is 0 Å². The molecule has 0 aromatic heterocycles. The largest absolute Gasteiger partial charge is 0.613 e. The Bertz CT molecular complexity index is 245. The lowest BCUT2D eigenvalue weighted by molar-refractivity contribution is 0.208. The molecule has 0 spiro atoms. The second-order valence-electron chi connectivity index (χ2n) is 2.67. The molecule has 7 nitrogen and oxygen atoms in total. The lowest BCUT2D eigenvalue weighted by atomic mass is 10.4. The zero-order valence-electron chi connectivity index (χ0n) is 6.78. The number of hydrogen-bond donors (Lipinski definition) is 3. The van der Waals surface area contributed by atoms with E-state index in [9.17, 15) is 9.13 Å². The van der Waals surface area contributed by atoms with E-state index in [1.807, 2.05) is 0 Å². The van der Waals surface area contributed by atoms with Gasteiger partial charge in [0, 0.05) is 13.1 Å². The quantitative estimate of drug-likeness (QED) is 0.540. The summed E-state index contributed by atoms with van der Waals surface area (Å²) in [6, 6.07) is 0. The van der Waals surface area contributed by atoms with Crippen molar-refractivity contribution in [1.82, 2.24) is 9.34 Å². The third kappa shape index (κ3) is 3.07. The van der Waals surface area contributed by atoms with Crippen LogP contribution in [0, 0.1) is 0 Å². The molecule has 3 N–H and O–H groups in total. The average molecular weight is 229 g/mol. The lowest BCUT2D eigenvalue weighted by Gasteiger charge is -2.27. The third-order valence-corrected chi connectivity index (χ3v) is 3.86. The van der Waals surface area contributed by atoms with Crippen LogP contribution >= 0.6 is 15.9 Å². The van der Waals surface area contributed by atoms with Crippen LogP contribution in [0.2, 0.25) is 0 Å². The normalized spacial score (nSPS) is 23.2. The highest BCUT2D eigenvalue weighted by Crippen LogP contribution is 2.41. The molecule has 1 heterocycles. The van der Waals surface area contributed by atoms with Gasteiger partial charge in [-0.15, -0.1) is 4.89 Å². The molecule has 0 aliphatic carbocycles. The molecule has 1 fully saturated rings. The minimum absolute atomic E-state index is 0.117. The Hall–Kier alpha value is 0.130. The summed E-state index contributed by atoms with van der Waals surface area (Å²) in [5.74, 6) is 0. The van der Waals surface area contributed by atoms with Crippen molar-refractivity contribution in [2.45, 2.75) is 0 Å². The molecule has 13 heavy (non-hydrogen) atoms. The molecular weight excluding hydrogens is 218 g/mol. The van der Waals surface area contributed by atoms with E-state index in [-0.39, 0.29) is 26.2 Å². The van der Waals surface area contributed by atoms with Crippen LogP contribution in [0.4, 0.5) is 0 Å². The minimum Gasteiger partial charge on any atom is -0.312 e. The van der Waals surface area contributed by atoms with Crippen LogP contribution in [0.1, 0.15) is 0 Å². The molecule has 76 valence electrons. The molecule has 1 aliphatic heterocycles. The van der Waals surface area contributed by atoms with Crippen molar-refractivity contribution in [2.24, 2.45) is 0 Å². The fourth-order valence-corrected chi connectivity index (χ4v) is 2.34. The van der Waals surface area contributed by atoms with Crippen molar-refractivity contribution < 1.29 is 23.8 Å². The van der Waals surface area contributed by atoms with E-state index in [1.165, 1.54) is 4.67 Å². The summed E-state index contributed by atoms with van der Waals surface area (Å²) in [7, 11) is -6.54. The Morgan fingerprint density at radius 3 is 1.92 bits per heavy atom. The number of piperazine rings is 1. The summed E-state index contributed by atoms with van der Waals surface area (Å²) in [4.78, 5) is 26.2. The standard InChI is InChI=1S/C4H10N2O5P2/c7-12(8)5-1-3-6(4-2-5)13(9,10)11/h1-4H2,(H2-,7,8,9,10,11)/p+1. The summed E-state index contributed by atoms with van der Waals surface area (Å²) in [5.41, 5.74) is 0. The molecule has 1 aliphatic rings. The Morgan fingerprint density at radius 1 is 1.15 bits per heavy atom. The first-order chi connectivity index (χ1) is 5.91. The SMILES string of the molecule is O=[P+](O)N1CCN(P(=O)(O)O)CC1. The lowest BCUT2D eigenvalue weighted by Crippen LogP contribution is -2.41. The van der Waals surface area contributed by atoms with Crippen LogP contribution in [0.5, 0.6) is 0 Å². The summed E-state index contributed by atoms with van der Waals surface area (Å²) in [5, 5.41) is 0. The van der Waals surface area contributed by atoms with E-state index in [2.05, 4.69) is 0 Å². The maximum Gasteiger partial charge on any atom is 0.613 e. The van der Waals surface area contributed by atoms with Crippen LogP contribution in [-0.4, -0.2) is 50.2 Å². The van der Waals surface area contributed by atoms with Crippen LogP contribution in [0.15, 0.2) is 0 Å². The summed E-state index contributed by atoms with van der Waals surface area (Å²) in [6.07, 6.45) is 0. The van der Waals surface area contributed by atoms with Gasteiger partial charge < -0.3 is 9.79 Å². The van der Waals surface area contributed by atoms with Crippen LogP contribution in [-0.2, 0) is 9.13 Å². The molecule has 1 atom stereocenters. The first-order valence-corrected chi connectivity index (χ1v) is 6.36. The summed E-state index contributed by atoms with van der Waals surface area (Å²) >= 11 is 0. The van der Waals surface area contributed by atoms with Crippen molar-refractivity contribution in [1.29, 1.82) is 0 Å². The fraction of sp³-hybridized carbons (Fsp3) is 1.00. The maximum absolute atomic E-state index is 10.7. The zero-order chi connectivity index (χ0) is 10.1. The predicted octanol–water partition coefficient (Wildman–Crippen LogP) is -0.654. The van der Waals surface area contributed by atoms with E-state index in [1.54, 1.807) is 0 Å². The van der Waals surface area contributed by atoms with Crippen LogP contribution in [0.25, 0.3) is 0 Å². The zero-order valence-corrected chi connectivity index (χ0v) is 8.56. The van der Waals surface area contributed by atoms with E-state index in [0.717, 1.165) is 4.67 Å². The highest BCUT2D eigenvalue weighted by Gasteiger charge is 2.35. The first kappa shape index (κ1) is 11.2. The molecular formula is C4H11N2O5P2+. The van der Waals surface area contributed by atoms with Gasteiger partial charge in [-0.25, -0.2) is 9.24 Å². The summed E-state index contributed by atoms with van der Waals surface area (Å²) in [6.45, 7) is 0.644. The maximum atomic E-state index is 10.7. The molecule has 1 saturated heterocycles. The van der Waals surface area contributed by atoms with Crippen molar-refractivity contribution >= 4 is 15.9 Å². The van der Waals surface area contributed by atoms with E-state index in [0.29, 0.717) is 0 Å². The Morgan fingerprint density at radius 2 is 1.62 bits per heavy atom. The Labute approximate surface area is 76.1 Å². The Kier molecular flexibility index (Phi) is 3.54.